The maximum Gasteiger partial charge on any atom is 0.417 e. The zero-order valence-corrected chi connectivity index (χ0v) is 11.3. The molecular formula is C13H14ClF3N2O. The summed E-state index contributed by atoms with van der Waals surface area (Å²) in [5, 5.41) is 5.22. The van der Waals surface area contributed by atoms with E-state index in [0.29, 0.717) is 6.54 Å². The van der Waals surface area contributed by atoms with Crippen LogP contribution in [0.3, 0.4) is 0 Å². The van der Waals surface area contributed by atoms with Crippen LogP contribution in [0.1, 0.15) is 18.4 Å². The fourth-order valence-electron chi connectivity index (χ4n) is 2.14. The van der Waals surface area contributed by atoms with Crippen LogP contribution in [0.4, 0.5) is 18.9 Å². The molecule has 20 heavy (non-hydrogen) atoms. The van der Waals surface area contributed by atoms with Gasteiger partial charge in [0.2, 0.25) is 5.91 Å². The van der Waals surface area contributed by atoms with E-state index in [2.05, 4.69) is 10.6 Å². The summed E-state index contributed by atoms with van der Waals surface area (Å²) in [6, 6.07) is 3.36. The minimum absolute atomic E-state index is 0.109. The summed E-state index contributed by atoms with van der Waals surface area (Å²) < 4.78 is 38.1. The average molecular weight is 307 g/mol. The second-order valence-electron chi connectivity index (χ2n) is 4.72. The van der Waals surface area contributed by atoms with Crippen molar-refractivity contribution in [2.75, 3.05) is 18.4 Å². The summed E-state index contributed by atoms with van der Waals surface area (Å²) in [5.74, 6) is -0.485. The first-order valence-corrected chi connectivity index (χ1v) is 6.64. The van der Waals surface area contributed by atoms with Gasteiger partial charge in [0, 0.05) is 12.2 Å². The maximum absolute atomic E-state index is 12.7. The number of hydrogen-bond donors (Lipinski definition) is 2. The Bertz CT molecular complexity index is 499. The van der Waals surface area contributed by atoms with Crippen LogP contribution in [0.5, 0.6) is 0 Å². The average Bonchev–Trinajstić information content (AvgIpc) is 2.40. The molecule has 1 aliphatic rings. The number of carbonyl (C=O) groups is 1. The van der Waals surface area contributed by atoms with E-state index in [0.717, 1.165) is 31.5 Å². The molecule has 2 rings (SSSR count). The number of amides is 1. The van der Waals surface area contributed by atoms with Gasteiger partial charge in [-0.2, -0.15) is 13.2 Å². The first kappa shape index (κ1) is 15.1. The lowest BCUT2D eigenvalue weighted by Crippen LogP contribution is -2.37. The molecule has 1 atom stereocenters. The summed E-state index contributed by atoms with van der Waals surface area (Å²) in [5.41, 5.74) is -0.837. The van der Waals surface area contributed by atoms with Crippen molar-refractivity contribution in [1.29, 1.82) is 0 Å². The number of anilines is 1. The predicted octanol–water partition coefficient (Wildman–Crippen LogP) is 3.30. The molecule has 2 N–H and O–H groups in total. The molecule has 1 fully saturated rings. The Kier molecular flexibility index (Phi) is 4.55. The molecule has 1 amide bonds. The van der Waals surface area contributed by atoms with E-state index in [1.165, 1.54) is 6.07 Å². The lowest BCUT2D eigenvalue weighted by Gasteiger charge is -2.22. The molecule has 0 aliphatic carbocycles. The molecule has 1 aliphatic heterocycles. The standard InChI is InChI=1S/C13H14ClF3N2O/c14-11-4-3-9(6-10(11)13(15,16)17)19-12(20)8-2-1-5-18-7-8/h3-4,6,8,18H,1-2,5,7H2,(H,19,20). The maximum atomic E-state index is 12.7. The molecule has 0 spiro atoms. The zero-order chi connectivity index (χ0) is 14.8. The largest absolute Gasteiger partial charge is 0.417 e. The van der Waals surface area contributed by atoms with Gasteiger partial charge in [-0.05, 0) is 37.6 Å². The molecule has 7 heteroatoms. The molecule has 3 nitrogen and oxygen atoms in total. The highest BCUT2D eigenvalue weighted by Gasteiger charge is 2.33. The molecule has 1 aromatic rings. The highest BCUT2D eigenvalue weighted by Crippen LogP contribution is 2.36. The van der Waals surface area contributed by atoms with Gasteiger partial charge in [0.15, 0.2) is 0 Å². The van der Waals surface area contributed by atoms with E-state index in [9.17, 15) is 18.0 Å². The number of benzene rings is 1. The SMILES string of the molecule is O=C(Nc1ccc(Cl)c(C(F)(F)F)c1)C1CCCNC1. The Morgan fingerprint density at radius 2 is 2.15 bits per heavy atom. The Labute approximate surface area is 119 Å². The van der Waals surface area contributed by atoms with Crippen LogP contribution in [0, 0.1) is 5.92 Å². The Morgan fingerprint density at radius 3 is 2.75 bits per heavy atom. The smallest absolute Gasteiger partial charge is 0.326 e. The van der Waals surface area contributed by atoms with E-state index in [-0.39, 0.29) is 22.5 Å². The molecular weight excluding hydrogens is 293 g/mol. The first-order chi connectivity index (χ1) is 9.38. The lowest BCUT2D eigenvalue weighted by atomic mass is 9.99. The molecule has 0 saturated carbocycles. The van der Waals surface area contributed by atoms with Gasteiger partial charge in [-0.15, -0.1) is 0 Å². The van der Waals surface area contributed by atoms with Crippen LogP contribution in [-0.2, 0) is 11.0 Å². The molecule has 1 saturated heterocycles. The van der Waals surface area contributed by atoms with Crippen molar-refractivity contribution in [1.82, 2.24) is 5.32 Å². The molecule has 0 bridgehead atoms. The van der Waals surface area contributed by atoms with Gasteiger partial charge >= 0.3 is 6.18 Å². The van der Waals surface area contributed by atoms with E-state index >= 15 is 0 Å². The highest BCUT2D eigenvalue weighted by molar-refractivity contribution is 6.31. The molecule has 0 radical (unpaired) electrons. The van der Waals surface area contributed by atoms with Crippen molar-refractivity contribution in [3.8, 4) is 0 Å². The molecule has 1 heterocycles. The van der Waals surface area contributed by atoms with Gasteiger partial charge in [-0.3, -0.25) is 4.79 Å². The van der Waals surface area contributed by atoms with Gasteiger partial charge < -0.3 is 10.6 Å². The van der Waals surface area contributed by atoms with Crippen molar-refractivity contribution in [2.45, 2.75) is 19.0 Å². The summed E-state index contributed by atoms with van der Waals surface area (Å²) >= 11 is 5.52. The number of halogens is 4. The number of alkyl halides is 3. The van der Waals surface area contributed by atoms with E-state index in [4.69, 9.17) is 11.6 Å². The second kappa shape index (κ2) is 6.01. The van der Waals surface area contributed by atoms with Crippen molar-refractivity contribution in [3.63, 3.8) is 0 Å². The number of rotatable bonds is 2. The summed E-state index contributed by atoms with van der Waals surface area (Å²) in [7, 11) is 0. The molecule has 1 unspecified atom stereocenters. The van der Waals surface area contributed by atoms with Crippen LogP contribution in [0.25, 0.3) is 0 Å². The van der Waals surface area contributed by atoms with Gasteiger partial charge in [0.1, 0.15) is 0 Å². The third-order valence-corrected chi connectivity index (χ3v) is 3.54. The van der Waals surface area contributed by atoms with Gasteiger partial charge in [-0.25, -0.2) is 0 Å². The van der Waals surface area contributed by atoms with Crippen LogP contribution < -0.4 is 10.6 Å². The second-order valence-corrected chi connectivity index (χ2v) is 5.13. The number of hydrogen-bond acceptors (Lipinski definition) is 2. The topological polar surface area (TPSA) is 41.1 Å². The Morgan fingerprint density at radius 1 is 1.40 bits per heavy atom. The first-order valence-electron chi connectivity index (χ1n) is 6.26. The summed E-state index contributed by atoms with van der Waals surface area (Å²) in [6.45, 7) is 1.41. The fraction of sp³-hybridized carbons (Fsp3) is 0.462. The van der Waals surface area contributed by atoms with Crippen molar-refractivity contribution in [2.24, 2.45) is 5.92 Å². The van der Waals surface area contributed by atoms with Crippen LogP contribution in [0.15, 0.2) is 18.2 Å². The Hall–Kier alpha value is -1.27. The van der Waals surface area contributed by atoms with Gasteiger partial charge in [-0.1, -0.05) is 11.6 Å². The quantitative estimate of drug-likeness (QED) is 0.880. The van der Waals surface area contributed by atoms with E-state index < -0.39 is 11.7 Å². The van der Waals surface area contributed by atoms with Crippen LogP contribution in [0.2, 0.25) is 5.02 Å². The van der Waals surface area contributed by atoms with E-state index in [1.54, 1.807) is 0 Å². The van der Waals surface area contributed by atoms with E-state index in [1.807, 2.05) is 0 Å². The number of carbonyl (C=O) groups excluding carboxylic acids is 1. The molecule has 0 aromatic heterocycles. The monoisotopic (exact) mass is 306 g/mol. The lowest BCUT2D eigenvalue weighted by molar-refractivity contribution is -0.137. The van der Waals surface area contributed by atoms with Crippen molar-refractivity contribution in [3.05, 3.63) is 28.8 Å². The predicted molar refractivity (Wildman–Crippen MR) is 70.7 cm³/mol. The van der Waals surface area contributed by atoms with Crippen molar-refractivity contribution < 1.29 is 18.0 Å². The Balaban J connectivity index is 2.11. The van der Waals surface area contributed by atoms with Crippen molar-refractivity contribution >= 4 is 23.2 Å². The van der Waals surface area contributed by atoms with Gasteiger partial charge in [0.25, 0.3) is 0 Å². The summed E-state index contributed by atoms with van der Waals surface area (Å²) in [6.07, 6.45) is -2.92. The number of nitrogens with one attached hydrogen (secondary N) is 2. The number of piperidine rings is 1. The third kappa shape index (κ3) is 3.64. The molecule has 110 valence electrons. The normalized spacial score (nSPS) is 19.7. The van der Waals surface area contributed by atoms with Gasteiger partial charge in [0.05, 0.1) is 16.5 Å². The minimum atomic E-state index is -4.54. The molecule has 1 aromatic carbocycles. The van der Waals surface area contributed by atoms with Crippen LogP contribution in [-0.4, -0.2) is 19.0 Å². The summed E-state index contributed by atoms with van der Waals surface area (Å²) in [4.78, 5) is 11.9. The zero-order valence-electron chi connectivity index (χ0n) is 10.6. The van der Waals surface area contributed by atoms with Crippen LogP contribution >= 0.6 is 11.6 Å². The third-order valence-electron chi connectivity index (χ3n) is 3.21. The fourth-order valence-corrected chi connectivity index (χ4v) is 2.36. The minimum Gasteiger partial charge on any atom is -0.326 e. The highest BCUT2D eigenvalue weighted by atomic mass is 35.5.